The highest BCUT2D eigenvalue weighted by molar-refractivity contribution is 5.99. The van der Waals surface area contributed by atoms with Crippen LogP contribution in [0.3, 0.4) is 0 Å². The molecule has 0 bridgehead atoms. The highest BCUT2D eigenvalue weighted by Crippen LogP contribution is 2.17. The van der Waals surface area contributed by atoms with E-state index in [1.807, 2.05) is 39.2 Å². The molecule has 0 aliphatic rings. The van der Waals surface area contributed by atoms with Gasteiger partial charge in [0.25, 0.3) is 5.91 Å². The number of rotatable bonds is 7. The summed E-state index contributed by atoms with van der Waals surface area (Å²) in [5.41, 5.74) is 4.90. The van der Waals surface area contributed by atoms with E-state index in [4.69, 9.17) is 5.84 Å². The fourth-order valence-electron chi connectivity index (χ4n) is 2.43. The molecule has 1 aromatic rings. The summed E-state index contributed by atoms with van der Waals surface area (Å²) in [7, 11) is 4.02. The van der Waals surface area contributed by atoms with Crippen molar-refractivity contribution in [2.75, 3.05) is 26.1 Å². The number of nitrogens with one attached hydrogen (secondary N) is 2. The first kappa shape index (κ1) is 17.5. The van der Waals surface area contributed by atoms with Crippen LogP contribution in [-0.2, 0) is 0 Å². The van der Waals surface area contributed by atoms with Gasteiger partial charge in [-0.2, -0.15) is 0 Å². The van der Waals surface area contributed by atoms with E-state index < -0.39 is 0 Å². The van der Waals surface area contributed by atoms with Crippen molar-refractivity contribution in [3.63, 3.8) is 0 Å². The molecule has 1 rings (SSSR count). The largest absolute Gasteiger partial charge is 0.348 e. The van der Waals surface area contributed by atoms with Gasteiger partial charge in [0.2, 0.25) is 0 Å². The molecule has 5 nitrogen and oxygen atoms in total. The fraction of sp³-hybridized carbons (Fsp3) is 0.562. The number of carbonyl (C=O) groups is 1. The van der Waals surface area contributed by atoms with E-state index >= 15 is 0 Å². The topological polar surface area (TPSA) is 70.4 Å². The third-order valence-corrected chi connectivity index (χ3v) is 3.25. The van der Waals surface area contributed by atoms with Crippen LogP contribution in [0, 0.1) is 12.8 Å². The van der Waals surface area contributed by atoms with Crippen molar-refractivity contribution in [2.45, 2.75) is 33.2 Å². The fourth-order valence-corrected chi connectivity index (χ4v) is 2.43. The SMILES string of the molecule is Cc1ccc(C(=O)NC(CC(C)C)CN(C)C)c(NN)c1. The van der Waals surface area contributed by atoms with Crippen molar-refractivity contribution in [1.29, 1.82) is 0 Å². The standard InChI is InChI=1S/C16H28N4O/c1-11(2)8-13(10-20(4)5)18-16(21)14-7-6-12(3)9-15(14)19-17/h6-7,9,11,13,19H,8,10,17H2,1-5H3,(H,18,21). The maximum atomic E-state index is 12.5. The van der Waals surface area contributed by atoms with Gasteiger partial charge in [0.1, 0.15) is 0 Å². The molecule has 1 unspecified atom stereocenters. The second-order valence-electron chi connectivity index (χ2n) is 6.26. The lowest BCUT2D eigenvalue weighted by molar-refractivity contribution is 0.0925. The second-order valence-corrected chi connectivity index (χ2v) is 6.26. The quantitative estimate of drug-likeness (QED) is 0.531. The Kier molecular flexibility index (Phi) is 6.65. The Hall–Kier alpha value is -1.59. The van der Waals surface area contributed by atoms with Crippen LogP contribution < -0.4 is 16.6 Å². The van der Waals surface area contributed by atoms with Gasteiger partial charge in [-0.1, -0.05) is 19.9 Å². The van der Waals surface area contributed by atoms with Crippen molar-refractivity contribution in [3.8, 4) is 0 Å². The third-order valence-electron chi connectivity index (χ3n) is 3.25. The van der Waals surface area contributed by atoms with Crippen LogP contribution in [0.2, 0.25) is 0 Å². The van der Waals surface area contributed by atoms with E-state index in [9.17, 15) is 4.79 Å². The zero-order valence-corrected chi connectivity index (χ0v) is 13.7. The van der Waals surface area contributed by atoms with Gasteiger partial charge in [-0.25, -0.2) is 0 Å². The Labute approximate surface area is 127 Å². The van der Waals surface area contributed by atoms with Gasteiger partial charge in [0.15, 0.2) is 0 Å². The van der Waals surface area contributed by atoms with Gasteiger partial charge in [0, 0.05) is 12.6 Å². The number of hydrazine groups is 1. The zero-order chi connectivity index (χ0) is 16.0. The molecule has 0 aromatic heterocycles. The number of hydrogen-bond acceptors (Lipinski definition) is 4. The Morgan fingerprint density at radius 1 is 1.33 bits per heavy atom. The second kappa shape index (κ2) is 8.00. The van der Waals surface area contributed by atoms with E-state index in [0.29, 0.717) is 17.2 Å². The number of anilines is 1. The summed E-state index contributed by atoms with van der Waals surface area (Å²) in [5, 5.41) is 3.11. The summed E-state index contributed by atoms with van der Waals surface area (Å²) in [5.74, 6) is 5.95. The van der Waals surface area contributed by atoms with Gasteiger partial charge >= 0.3 is 0 Å². The molecular formula is C16H28N4O. The van der Waals surface area contributed by atoms with Crippen molar-refractivity contribution in [2.24, 2.45) is 11.8 Å². The smallest absolute Gasteiger partial charge is 0.253 e. The van der Waals surface area contributed by atoms with Crippen LogP contribution in [0.15, 0.2) is 18.2 Å². The summed E-state index contributed by atoms with van der Waals surface area (Å²) in [6.07, 6.45) is 0.946. The average molecular weight is 292 g/mol. The molecule has 4 N–H and O–H groups in total. The average Bonchev–Trinajstić information content (AvgIpc) is 2.36. The van der Waals surface area contributed by atoms with Crippen LogP contribution in [0.4, 0.5) is 5.69 Å². The third kappa shape index (κ3) is 5.73. The van der Waals surface area contributed by atoms with Crippen molar-refractivity contribution in [1.82, 2.24) is 10.2 Å². The minimum Gasteiger partial charge on any atom is -0.348 e. The van der Waals surface area contributed by atoms with Crippen molar-refractivity contribution in [3.05, 3.63) is 29.3 Å². The van der Waals surface area contributed by atoms with Crippen molar-refractivity contribution >= 4 is 11.6 Å². The van der Waals surface area contributed by atoms with Gasteiger partial charge in [-0.15, -0.1) is 0 Å². The normalized spacial score (nSPS) is 12.6. The van der Waals surface area contributed by atoms with E-state index in [-0.39, 0.29) is 11.9 Å². The lowest BCUT2D eigenvalue weighted by atomic mass is 10.0. The number of nitrogens with zero attached hydrogens (tertiary/aromatic N) is 1. The zero-order valence-electron chi connectivity index (χ0n) is 13.7. The Balaban J connectivity index is 2.85. The molecule has 0 fully saturated rings. The minimum absolute atomic E-state index is 0.0875. The van der Waals surface area contributed by atoms with Crippen LogP contribution in [0.5, 0.6) is 0 Å². The molecule has 0 radical (unpaired) electrons. The lowest BCUT2D eigenvalue weighted by Gasteiger charge is -2.24. The molecule has 5 heteroatoms. The van der Waals surface area contributed by atoms with Crippen LogP contribution in [0.1, 0.15) is 36.2 Å². The Morgan fingerprint density at radius 2 is 2.00 bits per heavy atom. The summed E-state index contributed by atoms with van der Waals surface area (Å²) in [6.45, 7) is 7.11. The highest BCUT2D eigenvalue weighted by Gasteiger charge is 2.18. The predicted molar refractivity (Wildman–Crippen MR) is 88.3 cm³/mol. The summed E-state index contributed by atoms with van der Waals surface area (Å²) in [6, 6.07) is 5.72. The molecule has 0 aliphatic heterocycles. The minimum atomic E-state index is -0.0875. The molecule has 0 saturated carbocycles. The number of likely N-dealkylation sites (N-methyl/N-ethyl adjacent to an activating group) is 1. The van der Waals surface area contributed by atoms with E-state index in [1.165, 1.54) is 0 Å². The molecule has 1 aromatic carbocycles. The van der Waals surface area contributed by atoms with Crippen LogP contribution in [0.25, 0.3) is 0 Å². The summed E-state index contributed by atoms with van der Waals surface area (Å²) < 4.78 is 0. The number of nitrogen functional groups attached to an aromatic ring is 1. The monoisotopic (exact) mass is 292 g/mol. The number of benzene rings is 1. The maximum absolute atomic E-state index is 12.5. The molecule has 1 amide bonds. The van der Waals surface area contributed by atoms with E-state index in [0.717, 1.165) is 18.5 Å². The van der Waals surface area contributed by atoms with Gasteiger partial charge < -0.3 is 15.6 Å². The van der Waals surface area contributed by atoms with E-state index in [1.54, 1.807) is 0 Å². The summed E-state index contributed by atoms with van der Waals surface area (Å²) in [4.78, 5) is 14.6. The highest BCUT2D eigenvalue weighted by atomic mass is 16.1. The molecule has 21 heavy (non-hydrogen) atoms. The Bertz CT molecular complexity index is 461. The molecule has 1 atom stereocenters. The molecular weight excluding hydrogens is 264 g/mol. The van der Waals surface area contributed by atoms with Crippen LogP contribution in [-0.4, -0.2) is 37.5 Å². The molecule has 0 saturated heterocycles. The first-order chi connectivity index (χ1) is 9.83. The van der Waals surface area contributed by atoms with Gasteiger partial charge in [-0.05, 0) is 51.1 Å². The van der Waals surface area contributed by atoms with Crippen LogP contribution >= 0.6 is 0 Å². The molecule has 0 heterocycles. The lowest BCUT2D eigenvalue weighted by Crippen LogP contribution is -2.42. The Morgan fingerprint density at radius 3 is 2.52 bits per heavy atom. The molecule has 0 aliphatic carbocycles. The number of aryl methyl sites for hydroxylation is 1. The predicted octanol–water partition coefficient (Wildman–Crippen LogP) is 1.99. The van der Waals surface area contributed by atoms with E-state index in [2.05, 4.69) is 29.5 Å². The molecule has 0 spiro atoms. The number of carbonyl (C=O) groups excluding carboxylic acids is 1. The first-order valence-electron chi connectivity index (χ1n) is 7.36. The number of nitrogens with two attached hydrogens (primary N) is 1. The number of hydrogen-bond donors (Lipinski definition) is 3. The summed E-state index contributed by atoms with van der Waals surface area (Å²) >= 11 is 0. The molecule has 118 valence electrons. The van der Waals surface area contributed by atoms with Crippen molar-refractivity contribution < 1.29 is 4.79 Å². The maximum Gasteiger partial charge on any atom is 0.253 e. The number of amides is 1. The van der Waals surface area contributed by atoms with Gasteiger partial charge in [-0.3, -0.25) is 10.6 Å². The van der Waals surface area contributed by atoms with Gasteiger partial charge in [0.05, 0.1) is 11.3 Å². The first-order valence-corrected chi connectivity index (χ1v) is 7.36.